The molecule has 1 aliphatic heterocycles. The molecule has 37 heavy (non-hydrogen) atoms. The number of ether oxygens (including phenoxy) is 2. The van der Waals surface area contributed by atoms with Gasteiger partial charge in [-0.25, -0.2) is 14.3 Å². The molecule has 10 nitrogen and oxygen atoms in total. The molecule has 1 aliphatic rings. The zero-order valence-electron chi connectivity index (χ0n) is 20.2. The van der Waals surface area contributed by atoms with Crippen LogP contribution in [-0.2, 0) is 19.1 Å². The summed E-state index contributed by atoms with van der Waals surface area (Å²) >= 11 is 0. The molecule has 0 radical (unpaired) electrons. The molecule has 0 fully saturated rings. The Kier molecular flexibility index (Phi) is 7.58. The van der Waals surface area contributed by atoms with E-state index < -0.39 is 23.7 Å². The summed E-state index contributed by atoms with van der Waals surface area (Å²) in [6, 6.07) is 17.2. The number of esters is 2. The number of amides is 1. The second kappa shape index (κ2) is 11.2. The number of hydrogen-bond acceptors (Lipinski definition) is 8. The van der Waals surface area contributed by atoms with Gasteiger partial charge >= 0.3 is 11.9 Å². The van der Waals surface area contributed by atoms with Crippen molar-refractivity contribution in [3.63, 3.8) is 0 Å². The smallest absolute Gasteiger partial charge is 0.359 e. The Morgan fingerprint density at radius 3 is 2.14 bits per heavy atom. The molecule has 1 amide bonds. The van der Waals surface area contributed by atoms with Crippen LogP contribution in [0.1, 0.15) is 29.9 Å². The van der Waals surface area contributed by atoms with Crippen molar-refractivity contribution in [3.8, 4) is 11.6 Å². The van der Waals surface area contributed by atoms with Crippen molar-refractivity contribution in [1.82, 2.24) is 9.78 Å². The van der Waals surface area contributed by atoms with Gasteiger partial charge in [-0.15, -0.1) is 0 Å². The lowest BCUT2D eigenvalue weighted by atomic mass is 10.1. The van der Waals surface area contributed by atoms with Gasteiger partial charge in [0.1, 0.15) is 0 Å². The molecule has 2 heterocycles. The van der Waals surface area contributed by atoms with E-state index in [2.05, 4.69) is 10.2 Å². The molecule has 188 valence electrons. The van der Waals surface area contributed by atoms with Crippen LogP contribution in [0.3, 0.4) is 0 Å². The molecule has 0 saturated carbocycles. The average molecular weight is 500 g/mol. The van der Waals surface area contributed by atoms with E-state index in [1.165, 1.54) is 18.2 Å². The summed E-state index contributed by atoms with van der Waals surface area (Å²) < 4.78 is 11.2. The number of anilines is 1. The number of hydrazone groups is 1. The normalized spacial score (nSPS) is 14.3. The average Bonchev–Trinajstić information content (AvgIpc) is 3.42. The van der Waals surface area contributed by atoms with Crippen LogP contribution in [-0.4, -0.2) is 46.6 Å². The first kappa shape index (κ1) is 25.1. The standard InChI is InChI=1S/C27H24N4O6/c1-3-36-26(34)22-20(24(32)30(28-22)18-12-7-5-8-13-18)16-11-17-21-23(27(35)37-4-2)29-31(25(21)33)19-14-9-6-10-15-19/h5-17,32H,3-4H2,1-2H3/p-1/b16-11+,21-17-. The minimum Gasteiger partial charge on any atom is -0.858 e. The molecule has 4 rings (SSSR count). The highest BCUT2D eigenvalue weighted by atomic mass is 16.5. The number of carbonyl (C=O) groups excluding carboxylic acids is 3. The lowest BCUT2D eigenvalue weighted by Gasteiger charge is -2.11. The lowest BCUT2D eigenvalue weighted by Crippen LogP contribution is -2.22. The quantitative estimate of drug-likeness (QED) is 0.344. The fourth-order valence-corrected chi connectivity index (χ4v) is 3.56. The zero-order chi connectivity index (χ0) is 26.4. The molecule has 0 bridgehead atoms. The second-order valence-electron chi connectivity index (χ2n) is 7.60. The Hall–Kier alpha value is -4.99. The molecule has 0 saturated heterocycles. The largest absolute Gasteiger partial charge is 0.858 e. The van der Waals surface area contributed by atoms with Gasteiger partial charge in [0.2, 0.25) is 0 Å². The maximum absolute atomic E-state index is 13.1. The van der Waals surface area contributed by atoms with Crippen molar-refractivity contribution in [2.75, 3.05) is 18.2 Å². The summed E-state index contributed by atoms with van der Waals surface area (Å²) in [4.78, 5) is 38.2. The summed E-state index contributed by atoms with van der Waals surface area (Å²) in [6.45, 7) is 3.48. The maximum atomic E-state index is 13.1. The Morgan fingerprint density at radius 2 is 1.51 bits per heavy atom. The van der Waals surface area contributed by atoms with Crippen molar-refractivity contribution < 1.29 is 29.0 Å². The van der Waals surface area contributed by atoms with E-state index in [4.69, 9.17) is 9.47 Å². The molecule has 0 N–H and O–H groups in total. The van der Waals surface area contributed by atoms with Crippen LogP contribution in [0, 0.1) is 0 Å². The van der Waals surface area contributed by atoms with Gasteiger partial charge < -0.3 is 14.6 Å². The Labute approximate surface area is 212 Å². The first-order chi connectivity index (χ1) is 18.0. The number of hydrogen-bond donors (Lipinski definition) is 0. The predicted octanol–water partition coefficient (Wildman–Crippen LogP) is 3.03. The van der Waals surface area contributed by atoms with Crippen LogP contribution in [0.2, 0.25) is 0 Å². The zero-order valence-corrected chi connectivity index (χ0v) is 20.2. The fraction of sp³-hybridized carbons (Fsp3) is 0.148. The Bertz CT molecular complexity index is 1410. The first-order valence-electron chi connectivity index (χ1n) is 11.5. The molecule has 2 aromatic carbocycles. The third-order valence-electron chi connectivity index (χ3n) is 5.22. The van der Waals surface area contributed by atoms with E-state index in [-0.39, 0.29) is 35.8 Å². The van der Waals surface area contributed by atoms with Crippen molar-refractivity contribution >= 4 is 35.3 Å². The van der Waals surface area contributed by atoms with Gasteiger partial charge in [0.15, 0.2) is 11.4 Å². The van der Waals surface area contributed by atoms with Crippen molar-refractivity contribution in [2.45, 2.75) is 13.8 Å². The highest BCUT2D eigenvalue weighted by Gasteiger charge is 2.35. The number of aromatic nitrogens is 2. The minimum absolute atomic E-state index is 0.0286. The van der Waals surface area contributed by atoms with Gasteiger partial charge in [0.25, 0.3) is 5.91 Å². The highest BCUT2D eigenvalue weighted by Crippen LogP contribution is 2.27. The van der Waals surface area contributed by atoms with Gasteiger partial charge in [-0.05, 0) is 50.1 Å². The van der Waals surface area contributed by atoms with Crippen LogP contribution in [0.4, 0.5) is 5.69 Å². The van der Waals surface area contributed by atoms with E-state index in [1.807, 2.05) is 0 Å². The lowest BCUT2D eigenvalue weighted by molar-refractivity contribution is -0.278. The topological polar surface area (TPSA) is 126 Å². The van der Waals surface area contributed by atoms with E-state index in [9.17, 15) is 19.5 Å². The monoisotopic (exact) mass is 499 g/mol. The molecular formula is C27H23N4O6-. The molecule has 10 heteroatoms. The molecule has 3 aromatic rings. The maximum Gasteiger partial charge on any atom is 0.359 e. The van der Waals surface area contributed by atoms with Crippen LogP contribution < -0.4 is 10.1 Å². The summed E-state index contributed by atoms with van der Waals surface area (Å²) in [5.41, 5.74) is 0.536. The summed E-state index contributed by atoms with van der Waals surface area (Å²) in [5.74, 6) is -2.62. The van der Waals surface area contributed by atoms with Crippen molar-refractivity contribution in [3.05, 3.63) is 89.6 Å². The van der Waals surface area contributed by atoms with Gasteiger partial charge in [-0.2, -0.15) is 15.2 Å². The van der Waals surface area contributed by atoms with E-state index in [0.717, 1.165) is 9.69 Å². The van der Waals surface area contributed by atoms with Crippen LogP contribution in [0.15, 0.2) is 83.5 Å². The minimum atomic E-state index is -0.762. The van der Waals surface area contributed by atoms with Crippen LogP contribution in [0.5, 0.6) is 5.88 Å². The Morgan fingerprint density at radius 1 is 0.919 bits per heavy atom. The van der Waals surface area contributed by atoms with Gasteiger partial charge in [-0.3, -0.25) is 4.79 Å². The number of nitrogens with zero attached hydrogens (tertiary/aromatic N) is 4. The number of para-hydroxylation sites is 2. The molecule has 0 atom stereocenters. The third-order valence-corrected chi connectivity index (χ3v) is 5.22. The number of benzene rings is 2. The molecular weight excluding hydrogens is 476 g/mol. The molecule has 0 spiro atoms. The summed E-state index contributed by atoms with van der Waals surface area (Å²) in [7, 11) is 0. The summed E-state index contributed by atoms with van der Waals surface area (Å²) in [6.07, 6.45) is 4.07. The van der Waals surface area contributed by atoms with Crippen LogP contribution in [0.25, 0.3) is 11.8 Å². The molecule has 0 unspecified atom stereocenters. The molecule has 0 aliphatic carbocycles. The number of allylic oxidation sites excluding steroid dienone is 2. The van der Waals surface area contributed by atoms with E-state index in [0.29, 0.717) is 11.4 Å². The first-order valence-corrected chi connectivity index (χ1v) is 11.5. The van der Waals surface area contributed by atoms with Gasteiger partial charge in [0, 0.05) is 5.56 Å². The Balaban J connectivity index is 1.73. The van der Waals surface area contributed by atoms with Crippen LogP contribution >= 0.6 is 0 Å². The van der Waals surface area contributed by atoms with E-state index in [1.54, 1.807) is 74.5 Å². The SMILES string of the molecule is CCOC(=O)C1=NN(c2ccccc2)C(=O)/C1=C\C=C\c1c(C(=O)OCC)nn(-c2ccccc2)c1[O-]. The van der Waals surface area contributed by atoms with Crippen molar-refractivity contribution in [2.24, 2.45) is 5.10 Å². The van der Waals surface area contributed by atoms with Gasteiger partial charge in [-0.1, -0.05) is 48.6 Å². The van der Waals surface area contributed by atoms with Gasteiger partial charge in [0.05, 0.1) is 30.2 Å². The molecule has 1 aromatic heterocycles. The fourth-order valence-electron chi connectivity index (χ4n) is 3.56. The summed E-state index contributed by atoms with van der Waals surface area (Å²) in [5, 5.41) is 22.6. The number of carbonyl (C=O) groups is 3. The van der Waals surface area contributed by atoms with E-state index >= 15 is 0 Å². The van der Waals surface area contributed by atoms with Crippen molar-refractivity contribution in [1.29, 1.82) is 0 Å². The third kappa shape index (κ3) is 5.18. The number of rotatable bonds is 8. The highest BCUT2D eigenvalue weighted by molar-refractivity contribution is 6.53. The predicted molar refractivity (Wildman–Crippen MR) is 134 cm³/mol. The second-order valence-corrected chi connectivity index (χ2v) is 7.60.